The van der Waals surface area contributed by atoms with E-state index in [0.29, 0.717) is 0 Å². The molecule has 0 N–H and O–H groups in total. The Bertz CT molecular complexity index is 1030. The molecule has 33 heavy (non-hydrogen) atoms. The van der Waals surface area contributed by atoms with Crippen molar-refractivity contribution in [3.8, 4) is 0 Å². The van der Waals surface area contributed by atoms with Gasteiger partial charge in [-0.05, 0) is 35.9 Å². The molecule has 0 aliphatic heterocycles. The third-order valence-electron chi connectivity index (χ3n) is 3.64. The van der Waals surface area contributed by atoms with Crippen LogP contribution in [0.4, 0.5) is 52.7 Å². The smallest absolute Gasteiger partial charge is 0.433 e. The maximum atomic E-state index is 12.8. The number of alkyl halides is 12. The summed E-state index contributed by atoms with van der Waals surface area (Å²) in [6.07, 6.45) is -22.1. The molecule has 0 fully saturated rings. The molecule has 2 heterocycles. The Hall–Kier alpha value is -3.33. The summed E-state index contributed by atoms with van der Waals surface area (Å²) in [6.45, 7) is 0. The lowest BCUT2D eigenvalue weighted by molar-refractivity contribution is -0.243. The fraction of sp³-hybridized carbons (Fsp3) is 0.235. The second kappa shape index (κ2) is 8.22. The zero-order valence-corrected chi connectivity index (χ0v) is 15.1. The normalized spacial score (nSPS) is 13.9. The Morgan fingerprint density at radius 3 is 1.15 bits per heavy atom. The molecule has 0 bridgehead atoms. The molecule has 0 aliphatic rings. The van der Waals surface area contributed by atoms with E-state index in [9.17, 15) is 62.6 Å². The summed E-state index contributed by atoms with van der Waals surface area (Å²) in [5.41, 5.74) is -11.5. The second-order valence-corrected chi connectivity index (χ2v) is 6.12. The van der Waals surface area contributed by atoms with Gasteiger partial charge in [0.05, 0.1) is 0 Å². The molecule has 0 aromatic carbocycles. The molecule has 2 rings (SSSR count). The first-order valence-corrected chi connectivity index (χ1v) is 7.96. The van der Waals surface area contributed by atoms with Gasteiger partial charge in [-0.1, -0.05) is 5.76 Å². The van der Waals surface area contributed by atoms with Gasteiger partial charge in [0.15, 0.2) is 5.78 Å². The largest absolute Gasteiger partial charge is 0.872 e. The predicted octanol–water partition coefficient (Wildman–Crippen LogP) is 5.14. The van der Waals surface area contributed by atoms with Crippen LogP contribution in [0.1, 0.15) is 38.7 Å². The number of hydrogen-bond acceptors (Lipinski definition) is 4. The number of carbonyl (C=O) groups excluding carboxylic acids is 1. The quantitative estimate of drug-likeness (QED) is 0.255. The van der Waals surface area contributed by atoms with Crippen LogP contribution in [-0.2, 0) is 24.7 Å². The van der Waals surface area contributed by atoms with E-state index in [4.69, 9.17) is 0 Å². The molecule has 16 heteroatoms. The molecule has 0 radical (unpaired) electrons. The Morgan fingerprint density at radius 1 is 0.606 bits per heavy atom. The third kappa shape index (κ3) is 6.35. The minimum Gasteiger partial charge on any atom is -0.872 e. The highest BCUT2D eigenvalue weighted by molar-refractivity contribution is 6.07. The number of nitrogens with zero attached hydrogens (tertiary/aromatic N) is 2. The minimum atomic E-state index is -5.46. The predicted molar refractivity (Wildman–Crippen MR) is 80.8 cm³/mol. The molecule has 0 spiro atoms. The van der Waals surface area contributed by atoms with Gasteiger partial charge in [-0.3, -0.25) is 4.79 Å². The summed E-state index contributed by atoms with van der Waals surface area (Å²) in [7, 11) is 0. The van der Waals surface area contributed by atoms with Gasteiger partial charge in [0, 0.05) is 5.56 Å². The van der Waals surface area contributed by atoms with E-state index in [0.717, 1.165) is 0 Å². The molecule has 0 saturated heterocycles. The number of carbonyl (C=O) groups is 1. The van der Waals surface area contributed by atoms with E-state index >= 15 is 0 Å². The highest BCUT2D eigenvalue weighted by Gasteiger charge is 2.40. The van der Waals surface area contributed by atoms with Crippen molar-refractivity contribution < 1.29 is 62.6 Å². The van der Waals surface area contributed by atoms with Crippen molar-refractivity contribution in [2.75, 3.05) is 0 Å². The molecule has 0 aliphatic carbocycles. The van der Waals surface area contributed by atoms with Gasteiger partial charge in [-0.25, -0.2) is 9.97 Å². The van der Waals surface area contributed by atoms with E-state index < -0.39 is 70.2 Å². The summed E-state index contributed by atoms with van der Waals surface area (Å²) in [5.74, 6) is -3.73. The SMILES string of the molecule is O=C(/C=C(\[O-])c1cc(C(F)(F)F)nc(C(F)(F)F)c1)c1cc(C(F)(F)F)nc(C(F)(F)F)c1. The van der Waals surface area contributed by atoms with Crippen LogP contribution in [0, 0.1) is 0 Å². The Balaban J connectivity index is 2.62. The summed E-state index contributed by atoms with van der Waals surface area (Å²) < 4.78 is 154. The topological polar surface area (TPSA) is 65.9 Å². The molecule has 0 atom stereocenters. The van der Waals surface area contributed by atoms with Gasteiger partial charge in [-0.2, -0.15) is 52.7 Å². The zero-order chi connectivity index (χ0) is 25.6. The first-order valence-electron chi connectivity index (χ1n) is 7.96. The number of aromatic nitrogens is 2. The lowest BCUT2D eigenvalue weighted by Crippen LogP contribution is -2.18. The average molecular weight is 497 g/mol. The Kier molecular flexibility index (Phi) is 6.46. The van der Waals surface area contributed by atoms with Crippen LogP contribution in [-0.4, -0.2) is 15.8 Å². The Morgan fingerprint density at radius 2 is 0.879 bits per heavy atom. The summed E-state index contributed by atoms with van der Waals surface area (Å²) in [5, 5.41) is 12.1. The van der Waals surface area contributed by atoms with E-state index in [1.807, 2.05) is 0 Å². The van der Waals surface area contributed by atoms with Crippen molar-refractivity contribution in [3.05, 3.63) is 64.2 Å². The number of rotatable bonds is 3. The first-order chi connectivity index (χ1) is 14.7. The van der Waals surface area contributed by atoms with Gasteiger partial charge in [-0.15, -0.1) is 0 Å². The zero-order valence-electron chi connectivity index (χ0n) is 15.1. The van der Waals surface area contributed by atoms with Crippen molar-refractivity contribution in [2.24, 2.45) is 0 Å². The molecule has 4 nitrogen and oxygen atoms in total. The highest BCUT2D eigenvalue weighted by Crippen LogP contribution is 2.36. The van der Waals surface area contributed by atoms with Gasteiger partial charge in [0.25, 0.3) is 0 Å². The van der Waals surface area contributed by atoms with Crippen LogP contribution >= 0.6 is 0 Å². The molecule has 0 unspecified atom stereocenters. The molecular formula is C17H5F12N2O2-. The van der Waals surface area contributed by atoms with E-state index in [1.165, 1.54) is 0 Å². The molecular weight excluding hydrogens is 492 g/mol. The van der Waals surface area contributed by atoms with Gasteiger partial charge >= 0.3 is 24.7 Å². The lowest BCUT2D eigenvalue weighted by atomic mass is 10.1. The van der Waals surface area contributed by atoms with E-state index in [-0.39, 0.29) is 30.3 Å². The van der Waals surface area contributed by atoms with E-state index in [1.54, 1.807) is 0 Å². The van der Waals surface area contributed by atoms with Crippen LogP contribution in [0.5, 0.6) is 0 Å². The second-order valence-electron chi connectivity index (χ2n) is 6.12. The lowest BCUT2D eigenvalue weighted by Gasteiger charge is -2.17. The first kappa shape index (κ1) is 25.9. The van der Waals surface area contributed by atoms with Gasteiger partial charge in [0.1, 0.15) is 22.8 Å². The molecule has 0 saturated carbocycles. The summed E-state index contributed by atoms with van der Waals surface area (Å²) >= 11 is 0. The van der Waals surface area contributed by atoms with Crippen molar-refractivity contribution in [1.82, 2.24) is 9.97 Å². The van der Waals surface area contributed by atoms with Crippen molar-refractivity contribution in [3.63, 3.8) is 0 Å². The maximum Gasteiger partial charge on any atom is 0.433 e. The third-order valence-corrected chi connectivity index (χ3v) is 3.64. The van der Waals surface area contributed by atoms with Crippen molar-refractivity contribution in [1.29, 1.82) is 0 Å². The van der Waals surface area contributed by atoms with Crippen molar-refractivity contribution in [2.45, 2.75) is 24.7 Å². The molecule has 2 aromatic heterocycles. The fourth-order valence-electron chi connectivity index (χ4n) is 2.21. The number of pyridine rings is 2. The van der Waals surface area contributed by atoms with Crippen LogP contribution in [0.25, 0.3) is 5.76 Å². The number of ketones is 1. The minimum absolute atomic E-state index is 0.170. The van der Waals surface area contributed by atoms with Gasteiger partial charge in [0.2, 0.25) is 0 Å². The van der Waals surface area contributed by atoms with Crippen molar-refractivity contribution >= 4 is 11.5 Å². The molecule has 0 amide bonds. The number of halogens is 12. The highest BCUT2D eigenvalue weighted by atomic mass is 19.4. The standard InChI is InChI=1S/C17H6F12N2O2/c18-14(19,20)10-1-6(2-11(30-10)15(21,22)23)8(32)5-9(33)7-3-12(16(24,25)26)31-13(4-7)17(27,28)29/h1-5,32H/p-1/b8-5-. The van der Waals surface area contributed by atoms with Gasteiger partial charge < -0.3 is 5.11 Å². The summed E-state index contributed by atoms with van der Waals surface area (Å²) in [6, 6.07) is -0.682. The van der Waals surface area contributed by atoms with Crippen LogP contribution in [0.3, 0.4) is 0 Å². The van der Waals surface area contributed by atoms with Crippen LogP contribution < -0.4 is 5.11 Å². The molecule has 2 aromatic rings. The average Bonchev–Trinajstić information content (AvgIpc) is 2.64. The molecule has 180 valence electrons. The number of allylic oxidation sites excluding steroid dienone is 1. The Labute approximate surface area is 174 Å². The van der Waals surface area contributed by atoms with Crippen LogP contribution in [0.15, 0.2) is 30.3 Å². The van der Waals surface area contributed by atoms with Crippen LogP contribution in [0.2, 0.25) is 0 Å². The maximum absolute atomic E-state index is 12.8. The summed E-state index contributed by atoms with van der Waals surface area (Å²) in [4.78, 5) is 16.7. The fourth-order valence-corrected chi connectivity index (χ4v) is 2.21. The monoisotopic (exact) mass is 497 g/mol. The number of hydrogen-bond donors (Lipinski definition) is 0. The van der Waals surface area contributed by atoms with E-state index in [2.05, 4.69) is 9.97 Å².